The highest BCUT2D eigenvalue weighted by Gasteiger charge is 2.14. The number of hydrogen-bond donors (Lipinski definition) is 0. The highest BCUT2D eigenvalue weighted by molar-refractivity contribution is 7.99. The molecule has 2 nitrogen and oxygen atoms in total. The second-order valence-corrected chi connectivity index (χ2v) is 7.17. The second-order valence-electron chi connectivity index (χ2n) is 4.82. The van der Waals surface area contributed by atoms with E-state index >= 15 is 0 Å². The van der Waals surface area contributed by atoms with Gasteiger partial charge in [-0.05, 0) is 5.56 Å². The normalized spacial score (nSPS) is 16.4. The molecular formula is C15H17ClN2S2. The summed E-state index contributed by atoms with van der Waals surface area (Å²) in [4.78, 5) is 7.15. The Kier molecular flexibility index (Phi) is 4.99. The third-order valence-corrected chi connectivity index (χ3v) is 5.57. The van der Waals surface area contributed by atoms with E-state index in [9.17, 15) is 0 Å². The number of alkyl halides is 1. The minimum absolute atomic E-state index is 0.488. The molecule has 1 aliphatic rings. The van der Waals surface area contributed by atoms with Crippen molar-refractivity contribution in [2.24, 2.45) is 0 Å². The summed E-state index contributed by atoms with van der Waals surface area (Å²) in [7, 11) is 0. The molecule has 5 heteroatoms. The lowest BCUT2D eigenvalue weighted by molar-refractivity contribution is 0.295. The van der Waals surface area contributed by atoms with Gasteiger partial charge in [-0.25, -0.2) is 4.98 Å². The van der Waals surface area contributed by atoms with E-state index in [2.05, 4.69) is 39.5 Å². The van der Waals surface area contributed by atoms with Gasteiger partial charge in [-0.15, -0.1) is 22.9 Å². The summed E-state index contributed by atoms with van der Waals surface area (Å²) in [5.41, 5.74) is 3.60. The molecule has 0 N–H and O–H groups in total. The summed E-state index contributed by atoms with van der Waals surface area (Å²) in [5.74, 6) is 2.98. The average Bonchev–Trinajstić information content (AvgIpc) is 2.98. The lowest BCUT2D eigenvalue weighted by Gasteiger charge is -2.26. The smallest absolute Gasteiger partial charge is 0.123 e. The topological polar surface area (TPSA) is 16.1 Å². The number of nitrogens with zero attached hydrogens (tertiary/aromatic N) is 2. The van der Waals surface area contributed by atoms with Crippen molar-refractivity contribution in [3.05, 3.63) is 40.9 Å². The third-order valence-electron chi connectivity index (χ3n) is 3.43. The Labute approximate surface area is 133 Å². The first-order chi connectivity index (χ1) is 9.86. The molecule has 0 aliphatic carbocycles. The maximum Gasteiger partial charge on any atom is 0.123 e. The van der Waals surface area contributed by atoms with Gasteiger partial charge in [-0.1, -0.05) is 24.3 Å². The first-order valence-corrected chi connectivity index (χ1v) is 9.32. The SMILES string of the molecule is ClCc1csc(-c2ccccc2CN2CCSCC2)n1. The Hall–Kier alpha value is -0.550. The zero-order valence-corrected chi connectivity index (χ0v) is 13.6. The Morgan fingerprint density at radius 3 is 2.75 bits per heavy atom. The summed E-state index contributed by atoms with van der Waals surface area (Å²) < 4.78 is 0. The number of aromatic nitrogens is 1. The molecule has 3 rings (SSSR count). The zero-order valence-electron chi connectivity index (χ0n) is 11.2. The van der Waals surface area contributed by atoms with Crippen molar-refractivity contribution in [2.75, 3.05) is 24.6 Å². The standard InChI is InChI=1S/C15H17ClN2S2/c16-9-13-11-20-15(17-13)14-4-2-1-3-12(14)10-18-5-7-19-8-6-18/h1-4,11H,5-10H2. The Bertz CT molecular complexity index is 565. The number of thioether (sulfide) groups is 1. The quantitative estimate of drug-likeness (QED) is 0.788. The fraction of sp³-hybridized carbons (Fsp3) is 0.400. The van der Waals surface area contributed by atoms with E-state index < -0.39 is 0 Å². The van der Waals surface area contributed by atoms with Gasteiger partial charge in [0.15, 0.2) is 0 Å². The maximum absolute atomic E-state index is 5.86. The van der Waals surface area contributed by atoms with Crippen molar-refractivity contribution in [1.82, 2.24) is 9.88 Å². The molecule has 0 atom stereocenters. The molecule has 0 radical (unpaired) electrons. The molecule has 0 bridgehead atoms. The van der Waals surface area contributed by atoms with Crippen LogP contribution in [0.4, 0.5) is 0 Å². The zero-order chi connectivity index (χ0) is 13.8. The van der Waals surface area contributed by atoms with E-state index in [1.807, 2.05) is 11.8 Å². The van der Waals surface area contributed by atoms with Crippen LogP contribution in [0.15, 0.2) is 29.6 Å². The number of halogens is 1. The molecule has 1 fully saturated rings. The summed E-state index contributed by atoms with van der Waals surface area (Å²) >= 11 is 9.59. The van der Waals surface area contributed by atoms with E-state index in [-0.39, 0.29) is 0 Å². The van der Waals surface area contributed by atoms with E-state index in [0.29, 0.717) is 5.88 Å². The van der Waals surface area contributed by atoms with Crippen molar-refractivity contribution in [3.63, 3.8) is 0 Å². The molecule has 1 aromatic carbocycles. The van der Waals surface area contributed by atoms with Crippen molar-refractivity contribution >= 4 is 34.7 Å². The molecule has 0 saturated carbocycles. The largest absolute Gasteiger partial charge is 0.297 e. The Morgan fingerprint density at radius 2 is 2.00 bits per heavy atom. The van der Waals surface area contributed by atoms with Gasteiger partial charge in [0, 0.05) is 42.1 Å². The summed E-state index contributed by atoms with van der Waals surface area (Å²) in [6, 6.07) is 8.60. The number of rotatable bonds is 4. The first kappa shape index (κ1) is 14.4. The molecule has 106 valence electrons. The lowest BCUT2D eigenvalue weighted by atomic mass is 10.1. The van der Waals surface area contributed by atoms with Crippen molar-refractivity contribution in [3.8, 4) is 10.6 Å². The molecule has 1 aromatic heterocycles. The predicted molar refractivity (Wildman–Crippen MR) is 89.7 cm³/mol. The van der Waals surface area contributed by atoms with Crippen LogP contribution in [-0.4, -0.2) is 34.5 Å². The van der Waals surface area contributed by atoms with Crippen LogP contribution in [0, 0.1) is 0 Å². The minimum Gasteiger partial charge on any atom is -0.297 e. The molecule has 2 aromatic rings. The highest BCUT2D eigenvalue weighted by atomic mass is 35.5. The summed E-state index contributed by atoms with van der Waals surface area (Å²) in [5, 5.41) is 3.14. The molecule has 0 unspecified atom stereocenters. The summed E-state index contributed by atoms with van der Waals surface area (Å²) in [6.45, 7) is 3.39. The Balaban J connectivity index is 1.83. The van der Waals surface area contributed by atoms with Crippen LogP contribution < -0.4 is 0 Å². The van der Waals surface area contributed by atoms with E-state index in [4.69, 9.17) is 11.6 Å². The summed E-state index contributed by atoms with van der Waals surface area (Å²) in [6.07, 6.45) is 0. The Morgan fingerprint density at radius 1 is 1.20 bits per heavy atom. The van der Waals surface area contributed by atoms with Crippen molar-refractivity contribution in [1.29, 1.82) is 0 Å². The van der Waals surface area contributed by atoms with Crippen molar-refractivity contribution < 1.29 is 0 Å². The van der Waals surface area contributed by atoms with Gasteiger partial charge in [0.2, 0.25) is 0 Å². The molecule has 20 heavy (non-hydrogen) atoms. The van der Waals surface area contributed by atoms with Gasteiger partial charge in [0.05, 0.1) is 11.6 Å². The monoisotopic (exact) mass is 324 g/mol. The lowest BCUT2D eigenvalue weighted by Crippen LogP contribution is -2.32. The van der Waals surface area contributed by atoms with Gasteiger partial charge < -0.3 is 0 Å². The van der Waals surface area contributed by atoms with Gasteiger partial charge in [-0.3, -0.25) is 4.90 Å². The van der Waals surface area contributed by atoms with Crippen LogP contribution >= 0.6 is 34.7 Å². The molecule has 0 amide bonds. The van der Waals surface area contributed by atoms with Crippen molar-refractivity contribution in [2.45, 2.75) is 12.4 Å². The number of benzene rings is 1. The third kappa shape index (κ3) is 3.37. The first-order valence-electron chi connectivity index (χ1n) is 6.75. The van der Waals surface area contributed by atoms with Crippen LogP contribution in [0.2, 0.25) is 0 Å². The fourth-order valence-corrected chi connectivity index (χ4v) is 4.45. The van der Waals surface area contributed by atoms with Crippen LogP contribution in [0.1, 0.15) is 11.3 Å². The van der Waals surface area contributed by atoms with Gasteiger partial charge in [0.1, 0.15) is 5.01 Å². The molecule has 1 aliphatic heterocycles. The van der Waals surface area contributed by atoms with Gasteiger partial charge in [0.25, 0.3) is 0 Å². The van der Waals surface area contributed by atoms with Gasteiger partial charge >= 0.3 is 0 Å². The van der Waals surface area contributed by atoms with E-state index in [1.54, 1.807) is 11.3 Å². The second kappa shape index (κ2) is 6.94. The molecular weight excluding hydrogens is 308 g/mol. The van der Waals surface area contributed by atoms with E-state index in [1.165, 1.54) is 35.7 Å². The predicted octanol–water partition coefficient (Wildman–Crippen LogP) is 4.10. The number of hydrogen-bond acceptors (Lipinski definition) is 4. The van der Waals surface area contributed by atoms with Gasteiger partial charge in [-0.2, -0.15) is 11.8 Å². The molecule has 0 spiro atoms. The fourth-order valence-electron chi connectivity index (χ4n) is 2.36. The molecule has 2 heterocycles. The average molecular weight is 325 g/mol. The van der Waals surface area contributed by atoms with E-state index in [0.717, 1.165) is 17.2 Å². The molecule has 1 saturated heterocycles. The van der Waals surface area contributed by atoms with Crippen LogP contribution in [-0.2, 0) is 12.4 Å². The minimum atomic E-state index is 0.488. The van der Waals surface area contributed by atoms with Crippen LogP contribution in [0.5, 0.6) is 0 Å². The van der Waals surface area contributed by atoms with Crippen LogP contribution in [0.3, 0.4) is 0 Å². The van der Waals surface area contributed by atoms with Crippen LogP contribution in [0.25, 0.3) is 10.6 Å². The number of thiazole rings is 1. The maximum atomic E-state index is 5.86. The highest BCUT2D eigenvalue weighted by Crippen LogP contribution is 2.28.